The van der Waals surface area contributed by atoms with Crippen molar-refractivity contribution in [1.29, 1.82) is 0 Å². The highest BCUT2D eigenvalue weighted by Crippen LogP contribution is 2.20. The van der Waals surface area contributed by atoms with Crippen LogP contribution in [0.4, 0.5) is 0 Å². The Morgan fingerprint density at radius 2 is 2.19 bits per heavy atom. The Labute approximate surface area is 108 Å². The van der Waals surface area contributed by atoms with Crippen LogP contribution < -0.4 is 5.32 Å². The van der Waals surface area contributed by atoms with E-state index in [4.69, 9.17) is 11.6 Å². The fourth-order valence-electron chi connectivity index (χ4n) is 1.20. The molecule has 0 bridgehead atoms. The van der Waals surface area contributed by atoms with Crippen molar-refractivity contribution in [1.82, 2.24) is 5.32 Å². The van der Waals surface area contributed by atoms with Crippen LogP contribution in [0.15, 0.2) is 18.2 Å². The van der Waals surface area contributed by atoms with Gasteiger partial charge in [0.1, 0.15) is 5.75 Å². The van der Waals surface area contributed by atoms with Crippen LogP contribution in [0, 0.1) is 0 Å². The first-order valence-electron chi connectivity index (χ1n) is 4.98. The SMILES string of the molecule is O=C(NCCCCBr)c1cc(O)ccc1Cl. The first kappa shape index (κ1) is 13.3. The third-order valence-corrected chi connectivity index (χ3v) is 2.93. The number of phenols is 1. The minimum absolute atomic E-state index is 0.0370. The van der Waals surface area contributed by atoms with Crippen LogP contribution in [-0.2, 0) is 0 Å². The molecule has 0 saturated carbocycles. The van der Waals surface area contributed by atoms with E-state index >= 15 is 0 Å². The van der Waals surface area contributed by atoms with Gasteiger partial charge in [-0.25, -0.2) is 0 Å². The Balaban J connectivity index is 2.55. The number of amides is 1. The smallest absolute Gasteiger partial charge is 0.252 e. The number of carbonyl (C=O) groups is 1. The molecule has 0 atom stereocenters. The summed E-state index contributed by atoms with van der Waals surface area (Å²) in [6.07, 6.45) is 1.92. The molecule has 0 unspecified atom stereocenters. The van der Waals surface area contributed by atoms with Crippen LogP contribution >= 0.6 is 27.5 Å². The van der Waals surface area contributed by atoms with Gasteiger partial charge in [0.05, 0.1) is 10.6 Å². The molecular formula is C11H13BrClNO2. The zero-order valence-electron chi connectivity index (χ0n) is 8.67. The zero-order valence-corrected chi connectivity index (χ0v) is 11.0. The van der Waals surface area contributed by atoms with Crippen LogP contribution in [0.5, 0.6) is 5.75 Å². The summed E-state index contributed by atoms with van der Waals surface area (Å²) < 4.78 is 0. The average Bonchev–Trinajstić information content (AvgIpc) is 2.27. The molecule has 0 aliphatic heterocycles. The highest BCUT2D eigenvalue weighted by atomic mass is 79.9. The van der Waals surface area contributed by atoms with Crippen molar-refractivity contribution in [3.05, 3.63) is 28.8 Å². The van der Waals surface area contributed by atoms with Crippen molar-refractivity contribution in [3.8, 4) is 5.75 Å². The van der Waals surface area contributed by atoms with Crippen LogP contribution in [0.1, 0.15) is 23.2 Å². The molecule has 0 radical (unpaired) electrons. The molecule has 3 nitrogen and oxygen atoms in total. The summed E-state index contributed by atoms with van der Waals surface area (Å²) in [7, 11) is 0. The Morgan fingerprint density at radius 1 is 1.44 bits per heavy atom. The van der Waals surface area contributed by atoms with Gasteiger partial charge in [-0.05, 0) is 31.0 Å². The van der Waals surface area contributed by atoms with Gasteiger partial charge in [-0.15, -0.1) is 0 Å². The van der Waals surface area contributed by atoms with Gasteiger partial charge in [0, 0.05) is 11.9 Å². The predicted octanol–water partition coefficient (Wildman–Crippen LogP) is 2.95. The van der Waals surface area contributed by atoms with E-state index in [1.807, 2.05) is 0 Å². The third kappa shape index (κ3) is 4.02. The summed E-state index contributed by atoms with van der Waals surface area (Å²) in [5, 5.41) is 13.3. The second-order valence-electron chi connectivity index (χ2n) is 3.32. The summed E-state index contributed by atoms with van der Waals surface area (Å²) in [6.45, 7) is 0.608. The minimum atomic E-state index is -0.254. The number of benzene rings is 1. The normalized spacial score (nSPS) is 10.1. The molecule has 2 N–H and O–H groups in total. The van der Waals surface area contributed by atoms with Crippen LogP contribution in [0.2, 0.25) is 5.02 Å². The van der Waals surface area contributed by atoms with Crippen molar-refractivity contribution < 1.29 is 9.90 Å². The highest BCUT2D eigenvalue weighted by molar-refractivity contribution is 9.09. The van der Waals surface area contributed by atoms with Crippen LogP contribution in [0.3, 0.4) is 0 Å². The van der Waals surface area contributed by atoms with Gasteiger partial charge >= 0.3 is 0 Å². The lowest BCUT2D eigenvalue weighted by molar-refractivity contribution is 0.0953. The Bertz CT molecular complexity index is 371. The molecule has 0 saturated heterocycles. The van der Waals surface area contributed by atoms with Gasteiger partial charge < -0.3 is 10.4 Å². The fourth-order valence-corrected chi connectivity index (χ4v) is 1.80. The third-order valence-electron chi connectivity index (χ3n) is 2.04. The molecule has 0 spiro atoms. The second kappa shape index (κ2) is 6.76. The van der Waals surface area contributed by atoms with E-state index in [1.165, 1.54) is 18.2 Å². The van der Waals surface area contributed by atoms with Gasteiger partial charge in [-0.3, -0.25) is 4.79 Å². The fraction of sp³-hybridized carbons (Fsp3) is 0.364. The molecule has 16 heavy (non-hydrogen) atoms. The van der Waals surface area contributed by atoms with E-state index in [9.17, 15) is 9.90 Å². The van der Waals surface area contributed by atoms with Gasteiger partial charge in [0.15, 0.2) is 0 Å². The molecule has 1 aromatic rings. The number of carbonyl (C=O) groups excluding carboxylic acids is 1. The topological polar surface area (TPSA) is 49.3 Å². The Hall–Kier alpha value is -0.740. The number of aromatic hydroxyl groups is 1. The minimum Gasteiger partial charge on any atom is -0.508 e. The predicted molar refractivity (Wildman–Crippen MR) is 68.5 cm³/mol. The van der Waals surface area contributed by atoms with Gasteiger partial charge in [-0.2, -0.15) is 0 Å². The molecule has 0 aliphatic rings. The number of alkyl halides is 1. The number of hydrogen-bond donors (Lipinski definition) is 2. The second-order valence-corrected chi connectivity index (χ2v) is 4.52. The van der Waals surface area contributed by atoms with E-state index in [2.05, 4.69) is 21.2 Å². The van der Waals surface area contributed by atoms with Crippen molar-refractivity contribution in [2.24, 2.45) is 0 Å². The molecule has 1 amide bonds. The number of halogens is 2. The number of rotatable bonds is 5. The summed E-state index contributed by atoms with van der Waals surface area (Å²) >= 11 is 9.17. The van der Waals surface area contributed by atoms with Gasteiger partial charge in [-0.1, -0.05) is 27.5 Å². The lowest BCUT2D eigenvalue weighted by atomic mass is 10.2. The molecule has 5 heteroatoms. The van der Waals surface area contributed by atoms with E-state index in [0.29, 0.717) is 17.1 Å². The highest BCUT2D eigenvalue weighted by Gasteiger charge is 2.10. The van der Waals surface area contributed by atoms with Gasteiger partial charge in [0.25, 0.3) is 5.91 Å². The Morgan fingerprint density at radius 3 is 2.88 bits per heavy atom. The van der Waals surface area contributed by atoms with E-state index in [1.54, 1.807) is 0 Å². The average molecular weight is 307 g/mol. The van der Waals surface area contributed by atoms with Crippen molar-refractivity contribution in [3.63, 3.8) is 0 Å². The monoisotopic (exact) mass is 305 g/mol. The van der Waals surface area contributed by atoms with Crippen molar-refractivity contribution in [2.45, 2.75) is 12.8 Å². The van der Waals surface area contributed by atoms with E-state index in [0.717, 1.165) is 18.2 Å². The molecule has 1 aromatic carbocycles. The summed E-state index contributed by atoms with van der Waals surface area (Å²) in [5.74, 6) is -0.217. The maximum absolute atomic E-state index is 11.7. The summed E-state index contributed by atoms with van der Waals surface area (Å²) in [5.41, 5.74) is 0.306. The van der Waals surface area contributed by atoms with Gasteiger partial charge in [0.2, 0.25) is 0 Å². The molecule has 88 valence electrons. The first-order valence-corrected chi connectivity index (χ1v) is 6.47. The number of phenolic OH excluding ortho intramolecular Hbond substituents is 1. The van der Waals surface area contributed by atoms with E-state index < -0.39 is 0 Å². The number of unbranched alkanes of at least 4 members (excludes halogenated alkanes) is 1. The van der Waals surface area contributed by atoms with Crippen molar-refractivity contribution >= 4 is 33.4 Å². The molecule has 1 rings (SSSR count). The number of hydrogen-bond acceptors (Lipinski definition) is 2. The Kier molecular flexibility index (Phi) is 5.63. The summed E-state index contributed by atoms with van der Waals surface area (Å²) in [6, 6.07) is 4.32. The largest absolute Gasteiger partial charge is 0.508 e. The van der Waals surface area contributed by atoms with Crippen LogP contribution in [0.25, 0.3) is 0 Å². The first-order chi connectivity index (χ1) is 7.65. The molecule has 0 aromatic heterocycles. The van der Waals surface area contributed by atoms with E-state index in [-0.39, 0.29) is 11.7 Å². The lowest BCUT2D eigenvalue weighted by Gasteiger charge is -2.06. The van der Waals surface area contributed by atoms with Crippen LogP contribution in [-0.4, -0.2) is 22.9 Å². The van der Waals surface area contributed by atoms with Crippen molar-refractivity contribution in [2.75, 3.05) is 11.9 Å². The summed E-state index contributed by atoms with van der Waals surface area (Å²) in [4.78, 5) is 11.7. The molecule has 0 aliphatic carbocycles. The molecule has 0 fully saturated rings. The molecule has 0 heterocycles. The standard InChI is InChI=1S/C11H13BrClNO2/c12-5-1-2-6-14-11(16)9-7-8(15)3-4-10(9)13/h3-4,7,15H,1-2,5-6H2,(H,14,16). The molecular weight excluding hydrogens is 293 g/mol. The lowest BCUT2D eigenvalue weighted by Crippen LogP contribution is -2.24. The maximum atomic E-state index is 11.7. The quantitative estimate of drug-likeness (QED) is 0.649. The zero-order chi connectivity index (χ0) is 12.0. The number of nitrogens with one attached hydrogen (secondary N) is 1. The maximum Gasteiger partial charge on any atom is 0.252 e.